The molecular formula is C14H18BrClN2O2. The number of ether oxygens (including phenoxy) is 1. The van der Waals surface area contributed by atoms with Crippen LogP contribution in [-0.4, -0.2) is 38.3 Å². The van der Waals surface area contributed by atoms with E-state index in [2.05, 4.69) is 26.6 Å². The van der Waals surface area contributed by atoms with Crippen molar-refractivity contribution in [2.75, 3.05) is 26.8 Å². The Morgan fingerprint density at radius 1 is 1.60 bits per heavy atom. The molecule has 0 bridgehead atoms. The number of hydrogen-bond donors (Lipinski definition) is 2. The number of hydrogen-bond acceptors (Lipinski definition) is 3. The summed E-state index contributed by atoms with van der Waals surface area (Å²) in [6.07, 6.45) is 2.09. The van der Waals surface area contributed by atoms with Crippen molar-refractivity contribution in [3.8, 4) is 0 Å². The predicted molar refractivity (Wildman–Crippen MR) is 83.3 cm³/mol. The summed E-state index contributed by atoms with van der Waals surface area (Å²) in [4.78, 5) is 12.2. The van der Waals surface area contributed by atoms with Crippen molar-refractivity contribution in [1.29, 1.82) is 0 Å². The van der Waals surface area contributed by atoms with Crippen LogP contribution in [0.4, 0.5) is 0 Å². The second-order valence-electron chi connectivity index (χ2n) is 5.05. The number of methoxy groups -OCH3 is 1. The zero-order valence-corrected chi connectivity index (χ0v) is 13.7. The van der Waals surface area contributed by atoms with E-state index in [1.165, 1.54) is 0 Å². The van der Waals surface area contributed by atoms with E-state index in [1.807, 2.05) is 0 Å². The normalized spacial score (nSPS) is 21.9. The second kappa shape index (κ2) is 6.89. The highest BCUT2D eigenvalue weighted by Crippen LogP contribution is 2.22. The molecule has 0 saturated carbocycles. The SMILES string of the molecule is COCC1(CNC(=O)c2ccc(Br)cc2Cl)CCCN1. The zero-order valence-electron chi connectivity index (χ0n) is 11.3. The summed E-state index contributed by atoms with van der Waals surface area (Å²) in [5, 5.41) is 6.81. The quantitative estimate of drug-likeness (QED) is 0.847. The average Bonchev–Trinajstić information content (AvgIpc) is 2.85. The van der Waals surface area contributed by atoms with Gasteiger partial charge in [0.1, 0.15) is 0 Å². The molecule has 0 aliphatic carbocycles. The monoisotopic (exact) mass is 360 g/mol. The summed E-state index contributed by atoms with van der Waals surface area (Å²) in [5.41, 5.74) is 0.326. The number of rotatable bonds is 5. The van der Waals surface area contributed by atoms with E-state index < -0.39 is 0 Å². The number of amides is 1. The molecule has 0 radical (unpaired) electrons. The van der Waals surface area contributed by atoms with Crippen LogP contribution in [0.2, 0.25) is 5.02 Å². The van der Waals surface area contributed by atoms with Gasteiger partial charge in [0, 0.05) is 18.1 Å². The van der Waals surface area contributed by atoms with E-state index in [0.717, 1.165) is 23.9 Å². The maximum atomic E-state index is 12.2. The zero-order chi connectivity index (χ0) is 14.6. The van der Waals surface area contributed by atoms with Crippen LogP contribution in [0.25, 0.3) is 0 Å². The molecule has 1 aromatic carbocycles. The summed E-state index contributed by atoms with van der Waals surface area (Å²) >= 11 is 9.41. The van der Waals surface area contributed by atoms with E-state index in [4.69, 9.17) is 16.3 Å². The predicted octanol–water partition coefficient (Wildman–Crippen LogP) is 2.60. The van der Waals surface area contributed by atoms with Crippen molar-refractivity contribution in [3.05, 3.63) is 33.3 Å². The molecular weight excluding hydrogens is 344 g/mol. The largest absolute Gasteiger partial charge is 0.383 e. The first-order chi connectivity index (χ1) is 9.56. The molecule has 1 aromatic rings. The molecule has 20 heavy (non-hydrogen) atoms. The van der Waals surface area contributed by atoms with Gasteiger partial charge in [-0.1, -0.05) is 27.5 Å². The van der Waals surface area contributed by atoms with Gasteiger partial charge in [-0.15, -0.1) is 0 Å². The van der Waals surface area contributed by atoms with Gasteiger partial charge in [-0.25, -0.2) is 0 Å². The van der Waals surface area contributed by atoms with Gasteiger partial charge in [0.2, 0.25) is 0 Å². The second-order valence-corrected chi connectivity index (χ2v) is 6.37. The molecule has 110 valence electrons. The molecule has 2 N–H and O–H groups in total. The van der Waals surface area contributed by atoms with Crippen molar-refractivity contribution in [2.24, 2.45) is 0 Å². The highest BCUT2D eigenvalue weighted by Gasteiger charge is 2.33. The minimum atomic E-state index is -0.160. The standard InChI is InChI=1S/C14H18BrClN2O2/c1-20-9-14(5-2-6-18-14)8-17-13(19)11-4-3-10(15)7-12(11)16/h3-4,7,18H,2,5-6,8-9H2,1H3,(H,17,19). The lowest BCUT2D eigenvalue weighted by Gasteiger charge is -2.29. The van der Waals surface area contributed by atoms with Crippen LogP contribution in [-0.2, 0) is 4.74 Å². The fourth-order valence-electron chi connectivity index (χ4n) is 2.49. The molecule has 1 heterocycles. The molecule has 1 unspecified atom stereocenters. The Morgan fingerprint density at radius 3 is 3.00 bits per heavy atom. The van der Waals surface area contributed by atoms with Gasteiger partial charge in [0.05, 0.1) is 22.7 Å². The van der Waals surface area contributed by atoms with Crippen LogP contribution < -0.4 is 10.6 Å². The molecule has 1 aliphatic rings. The van der Waals surface area contributed by atoms with Gasteiger partial charge in [-0.3, -0.25) is 4.79 Å². The summed E-state index contributed by atoms with van der Waals surface area (Å²) in [6.45, 7) is 2.08. The molecule has 0 spiro atoms. The molecule has 4 nitrogen and oxygen atoms in total. The van der Waals surface area contributed by atoms with Gasteiger partial charge < -0.3 is 15.4 Å². The summed E-state index contributed by atoms with van der Waals surface area (Å²) in [5.74, 6) is -0.160. The fraction of sp³-hybridized carbons (Fsp3) is 0.500. The summed E-state index contributed by atoms with van der Waals surface area (Å²) in [7, 11) is 1.68. The molecule has 0 aromatic heterocycles. The molecule has 1 aliphatic heterocycles. The van der Waals surface area contributed by atoms with E-state index in [9.17, 15) is 4.79 Å². The summed E-state index contributed by atoms with van der Waals surface area (Å²) < 4.78 is 6.11. The van der Waals surface area contributed by atoms with Gasteiger partial charge >= 0.3 is 0 Å². The highest BCUT2D eigenvalue weighted by molar-refractivity contribution is 9.10. The van der Waals surface area contributed by atoms with Crippen LogP contribution in [0.1, 0.15) is 23.2 Å². The van der Waals surface area contributed by atoms with Gasteiger partial charge in [0.25, 0.3) is 5.91 Å². The number of carbonyl (C=O) groups excluding carboxylic acids is 1. The van der Waals surface area contributed by atoms with Crippen molar-refractivity contribution in [3.63, 3.8) is 0 Å². The first kappa shape index (κ1) is 15.8. The number of nitrogens with one attached hydrogen (secondary N) is 2. The topological polar surface area (TPSA) is 50.4 Å². The maximum Gasteiger partial charge on any atom is 0.252 e. The Hall–Kier alpha value is -0.620. The van der Waals surface area contributed by atoms with Gasteiger partial charge in [-0.2, -0.15) is 0 Å². The molecule has 1 fully saturated rings. The molecule has 2 rings (SSSR count). The number of carbonyl (C=O) groups is 1. The van der Waals surface area contributed by atoms with E-state index >= 15 is 0 Å². The van der Waals surface area contributed by atoms with Crippen molar-refractivity contribution >= 4 is 33.4 Å². The van der Waals surface area contributed by atoms with Crippen molar-refractivity contribution in [2.45, 2.75) is 18.4 Å². The Morgan fingerprint density at radius 2 is 2.40 bits per heavy atom. The minimum absolute atomic E-state index is 0.160. The Bertz CT molecular complexity index is 490. The number of halogens is 2. The minimum Gasteiger partial charge on any atom is -0.383 e. The molecule has 1 saturated heterocycles. The van der Waals surface area contributed by atoms with Crippen LogP contribution in [0.3, 0.4) is 0 Å². The molecule has 1 amide bonds. The Labute approximate surface area is 132 Å². The van der Waals surface area contributed by atoms with E-state index in [-0.39, 0.29) is 11.4 Å². The lowest BCUT2D eigenvalue weighted by molar-refractivity contribution is 0.0892. The van der Waals surface area contributed by atoms with Crippen LogP contribution in [0.5, 0.6) is 0 Å². The average molecular weight is 362 g/mol. The Balaban J connectivity index is 2.00. The third-order valence-corrected chi connectivity index (χ3v) is 4.32. The first-order valence-electron chi connectivity index (χ1n) is 6.53. The van der Waals surface area contributed by atoms with Crippen LogP contribution >= 0.6 is 27.5 Å². The third-order valence-electron chi connectivity index (χ3n) is 3.52. The summed E-state index contributed by atoms with van der Waals surface area (Å²) in [6, 6.07) is 5.24. The van der Waals surface area contributed by atoms with Crippen LogP contribution in [0.15, 0.2) is 22.7 Å². The van der Waals surface area contributed by atoms with E-state index in [1.54, 1.807) is 25.3 Å². The first-order valence-corrected chi connectivity index (χ1v) is 7.71. The fourth-order valence-corrected chi connectivity index (χ4v) is 3.25. The van der Waals surface area contributed by atoms with Crippen LogP contribution in [0, 0.1) is 0 Å². The molecule has 6 heteroatoms. The van der Waals surface area contributed by atoms with Gasteiger partial charge in [-0.05, 0) is 37.6 Å². The Kier molecular flexibility index (Phi) is 5.43. The van der Waals surface area contributed by atoms with Crippen molar-refractivity contribution in [1.82, 2.24) is 10.6 Å². The maximum absolute atomic E-state index is 12.2. The highest BCUT2D eigenvalue weighted by atomic mass is 79.9. The number of benzene rings is 1. The lowest BCUT2D eigenvalue weighted by atomic mass is 9.98. The smallest absolute Gasteiger partial charge is 0.252 e. The van der Waals surface area contributed by atoms with Crippen molar-refractivity contribution < 1.29 is 9.53 Å². The molecule has 1 atom stereocenters. The van der Waals surface area contributed by atoms with Gasteiger partial charge in [0.15, 0.2) is 0 Å². The van der Waals surface area contributed by atoms with E-state index in [0.29, 0.717) is 23.7 Å². The third kappa shape index (κ3) is 3.73. The lowest BCUT2D eigenvalue weighted by Crippen LogP contribution is -2.53.